The number of nitrogens with one attached hydrogen (secondary N) is 1. The lowest BCUT2D eigenvalue weighted by atomic mass is 9.66. The van der Waals surface area contributed by atoms with Crippen molar-refractivity contribution in [3.05, 3.63) is 23.8 Å². The molecule has 3 unspecified atom stereocenters. The van der Waals surface area contributed by atoms with Crippen LogP contribution in [0.4, 0.5) is 0 Å². The fourth-order valence-corrected chi connectivity index (χ4v) is 4.03. The fraction of sp³-hybridized carbons (Fsp3) is 0.647. The zero-order chi connectivity index (χ0) is 14.9. The molecule has 0 amide bonds. The summed E-state index contributed by atoms with van der Waals surface area (Å²) in [6, 6.07) is 6.11. The molecule has 22 heavy (non-hydrogen) atoms. The van der Waals surface area contributed by atoms with Gasteiger partial charge in [0.2, 0.25) is 0 Å². The fourth-order valence-electron chi connectivity index (χ4n) is 4.03. The molecule has 3 atom stereocenters. The summed E-state index contributed by atoms with van der Waals surface area (Å²) in [5, 5.41) is 14.6. The predicted octanol–water partition coefficient (Wildman–Crippen LogP) is 3.08. The largest absolute Gasteiger partial charge is 0.497 e. The van der Waals surface area contributed by atoms with Crippen LogP contribution < -0.4 is 14.8 Å². The van der Waals surface area contributed by atoms with Crippen molar-refractivity contribution in [2.75, 3.05) is 20.8 Å². The Bertz CT molecular complexity index is 507. The van der Waals surface area contributed by atoms with E-state index >= 15 is 0 Å². The van der Waals surface area contributed by atoms with E-state index in [4.69, 9.17) is 9.47 Å². The minimum Gasteiger partial charge on any atom is -0.497 e. The first-order valence-corrected chi connectivity index (χ1v) is 7.85. The molecule has 5 heteroatoms. The molecule has 0 radical (unpaired) electrons. The number of ether oxygens (including phenoxy) is 2. The van der Waals surface area contributed by atoms with Crippen molar-refractivity contribution < 1.29 is 14.6 Å². The van der Waals surface area contributed by atoms with Gasteiger partial charge in [0.05, 0.1) is 19.8 Å². The number of hydrogen-bond donors (Lipinski definition) is 2. The Morgan fingerprint density at radius 3 is 2.73 bits per heavy atom. The van der Waals surface area contributed by atoms with Gasteiger partial charge < -0.3 is 19.9 Å². The highest BCUT2D eigenvalue weighted by molar-refractivity contribution is 5.85. The monoisotopic (exact) mass is 327 g/mol. The molecule has 1 aliphatic carbocycles. The number of methoxy groups -OCH3 is 2. The summed E-state index contributed by atoms with van der Waals surface area (Å²) >= 11 is 0. The molecular weight excluding hydrogens is 302 g/mol. The first-order chi connectivity index (χ1) is 10.2. The van der Waals surface area contributed by atoms with Gasteiger partial charge in [-0.3, -0.25) is 0 Å². The highest BCUT2D eigenvalue weighted by Gasteiger charge is 2.46. The predicted molar refractivity (Wildman–Crippen MR) is 89.1 cm³/mol. The SMILES string of the molecule is COc1ccc(C2NCCC3(O)CCCCC23)c(OC)c1.Cl. The molecular formula is C17H26ClNO3. The lowest BCUT2D eigenvalue weighted by molar-refractivity contribution is -0.0863. The van der Waals surface area contributed by atoms with Gasteiger partial charge in [0.25, 0.3) is 0 Å². The van der Waals surface area contributed by atoms with Crippen LogP contribution in [-0.2, 0) is 0 Å². The van der Waals surface area contributed by atoms with Crippen LogP contribution in [0.25, 0.3) is 0 Å². The van der Waals surface area contributed by atoms with Crippen molar-refractivity contribution >= 4 is 12.4 Å². The molecule has 0 bridgehead atoms. The number of piperidine rings is 1. The van der Waals surface area contributed by atoms with Gasteiger partial charge in [0.15, 0.2) is 0 Å². The maximum absolute atomic E-state index is 11.0. The summed E-state index contributed by atoms with van der Waals surface area (Å²) in [6.45, 7) is 0.854. The summed E-state index contributed by atoms with van der Waals surface area (Å²) < 4.78 is 10.8. The van der Waals surface area contributed by atoms with Gasteiger partial charge in [-0.05, 0) is 31.9 Å². The van der Waals surface area contributed by atoms with Gasteiger partial charge in [-0.25, -0.2) is 0 Å². The molecule has 2 fully saturated rings. The van der Waals surface area contributed by atoms with Crippen LogP contribution in [0.5, 0.6) is 11.5 Å². The minimum atomic E-state index is -0.515. The second-order valence-corrected chi connectivity index (χ2v) is 6.25. The van der Waals surface area contributed by atoms with E-state index in [0.717, 1.165) is 49.3 Å². The third-order valence-corrected chi connectivity index (χ3v) is 5.17. The van der Waals surface area contributed by atoms with Crippen LogP contribution >= 0.6 is 12.4 Å². The Balaban J connectivity index is 0.00000176. The summed E-state index contributed by atoms with van der Waals surface area (Å²) in [7, 11) is 3.35. The Morgan fingerprint density at radius 1 is 1.18 bits per heavy atom. The van der Waals surface area contributed by atoms with Crippen LogP contribution in [0.15, 0.2) is 18.2 Å². The van der Waals surface area contributed by atoms with Gasteiger partial charge >= 0.3 is 0 Å². The van der Waals surface area contributed by atoms with Gasteiger partial charge in [-0.15, -0.1) is 12.4 Å². The average Bonchev–Trinajstić information content (AvgIpc) is 2.53. The van der Waals surface area contributed by atoms with Crippen molar-refractivity contribution in [1.82, 2.24) is 5.32 Å². The van der Waals surface area contributed by atoms with Gasteiger partial charge in [0.1, 0.15) is 11.5 Å². The van der Waals surface area contributed by atoms with Crippen molar-refractivity contribution in [2.24, 2.45) is 5.92 Å². The maximum atomic E-state index is 11.0. The molecule has 0 spiro atoms. The number of hydrogen-bond acceptors (Lipinski definition) is 4. The van der Waals surface area contributed by atoms with E-state index in [-0.39, 0.29) is 24.4 Å². The molecule has 1 aromatic rings. The maximum Gasteiger partial charge on any atom is 0.127 e. The number of aliphatic hydroxyl groups is 1. The number of halogens is 1. The number of rotatable bonds is 3. The minimum absolute atomic E-state index is 0. The zero-order valence-electron chi connectivity index (χ0n) is 13.3. The molecule has 1 heterocycles. The Kier molecular flexibility index (Phi) is 5.59. The first-order valence-electron chi connectivity index (χ1n) is 7.85. The normalized spacial score (nSPS) is 30.9. The number of benzene rings is 1. The van der Waals surface area contributed by atoms with E-state index in [0.29, 0.717) is 0 Å². The van der Waals surface area contributed by atoms with Crippen LogP contribution in [0.2, 0.25) is 0 Å². The third-order valence-electron chi connectivity index (χ3n) is 5.17. The van der Waals surface area contributed by atoms with Crippen LogP contribution in [0.1, 0.15) is 43.7 Å². The van der Waals surface area contributed by atoms with Crippen molar-refractivity contribution in [1.29, 1.82) is 0 Å². The summed E-state index contributed by atoms with van der Waals surface area (Å²) in [5.41, 5.74) is 0.613. The van der Waals surface area contributed by atoms with E-state index in [1.165, 1.54) is 6.42 Å². The summed E-state index contributed by atoms with van der Waals surface area (Å²) in [5.74, 6) is 1.90. The molecule has 1 aliphatic heterocycles. The molecule has 2 aliphatic rings. The van der Waals surface area contributed by atoms with Gasteiger partial charge in [-0.2, -0.15) is 0 Å². The van der Waals surface area contributed by atoms with Crippen LogP contribution in [-0.4, -0.2) is 31.5 Å². The Morgan fingerprint density at radius 2 is 2.00 bits per heavy atom. The smallest absolute Gasteiger partial charge is 0.127 e. The topological polar surface area (TPSA) is 50.7 Å². The lowest BCUT2D eigenvalue weighted by Crippen LogP contribution is -2.53. The second-order valence-electron chi connectivity index (χ2n) is 6.25. The first kappa shape index (κ1) is 17.4. The van der Waals surface area contributed by atoms with Crippen molar-refractivity contribution in [3.8, 4) is 11.5 Å². The Hall–Kier alpha value is -0.970. The van der Waals surface area contributed by atoms with E-state index in [1.54, 1.807) is 14.2 Å². The molecule has 1 aromatic carbocycles. The molecule has 2 N–H and O–H groups in total. The third kappa shape index (κ3) is 3.05. The lowest BCUT2D eigenvalue weighted by Gasteiger charge is -2.48. The molecule has 124 valence electrons. The Labute approximate surface area is 138 Å². The zero-order valence-corrected chi connectivity index (χ0v) is 14.1. The second kappa shape index (κ2) is 7.07. The van der Waals surface area contributed by atoms with Crippen LogP contribution in [0.3, 0.4) is 0 Å². The van der Waals surface area contributed by atoms with E-state index < -0.39 is 5.60 Å². The van der Waals surface area contributed by atoms with E-state index in [2.05, 4.69) is 11.4 Å². The summed E-state index contributed by atoms with van der Waals surface area (Å²) in [6.07, 6.45) is 5.19. The van der Waals surface area contributed by atoms with E-state index in [9.17, 15) is 5.11 Å². The molecule has 1 saturated heterocycles. The average molecular weight is 328 g/mol. The molecule has 4 nitrogen and oxygen atoms in total. The highest BCUT2D eigenvalue weighted by atomic mass is 35.5. The quantitative estimate of drug-likeness (QED) is 0.895. The van der Waals surface area contributed by atoms with Crippen molar-refractivity contribution in [2.45, 2.75) is 43.7 Å². The van der Waals surface area contributed by atoms with Gasteiger partial charge in [0, 0.05) is 23.6 Å². The number of fused-ring (bicyclic) bond motifs is 1. The summed E-state index contributed by atoms with van der Waals surface area (Å²) in [4.78, 5) is 0. The van der Waals surface area contributed by atoms with Gasteiger partial charge in [-0.1, -0.05) is 18.9 Å². The standard InChI is InChI=1S/C17H25NO3.ClH/c1-20-12-6-7-13(15(11-12)21-2)16-14-5-3-4-8-17(14,19)9-10-18-16;/h6-7,11,14,16,18-19H,3-5,8-10H2,1-2H3;1H. The van der Waals surface area contributed by atoms with Crippen molar-refractivity contribution in [3.63, 3.8) is 0 Å². The molecule has 0 aromatic heterocycles. The van der Waals surface area contributed by atoms with E-state index in [1.807, 2.05) is 12.1 Å². The molecule has 3 rings (SSSR count). The molecule has 1 saturated carbocycles. The van der Waals surface area contributed by atoms with Crippen LogP contribution in [0, 0.1) is 5.92 Å². The highest BCUT2D eigenvalue weighted by Crippen LogP contribution is 2.47.